The maximum atomic E-state index is 9.35. The van der Waals surface area contributed by atoms with Gasteiger partial charge in [0, 0.05) is 26.2 Å². The molecule has 2 aliphatic rings. The minimum absolute atomic E-state index is 0.650. The number of anilines is 1. The van der Waals surface area contributed by atoms with E-state index in [0.29, 0.717) is 6.04 Å². The van der Waals surface area contributed by atoms with Gasteiger partial charge in [0.15, 0.2) is 0 Å². The van der Waals surface area contributed by atoms with Crippen LogP contribution in [0.2, 0.25) is 0 Å². The SMILES string of the molecule is Cc1nn(C)c(N2CCC(N3CCCCC3)C2)c1C#N. The van der Waals surface area contributed by atoms with E-state index < -0.39 is 0 Å². The Hall–Kier alpha value is -1.54. The zero-order valence-corrected chi connectivity index (χ0v) is 12.5. The Kier molecular flexibility index (Phi) is 3.66. The zero-order chi connectivity index (χ0) is 14.1. The molecule has 108 valence electrons. The van der Waals surface area contributed by atoms with Gasteiger partial charge in [-0.25, -0.2) is 0 Å². The number of aromatic nitrogens is 2. The molecule has 1 atom stereocenters. The fraction of sp³-hybridized carbons (Fsp3) is 0.733. The maximum absolute atomic E-state index is 9.35. The lowest BCUT2D eigenvalue weighted by Crippen LogP contribution is -2.41. The molecule has 2 saturated heterocycles. The molecule has 0 bridgehead atoms. The van der Waals surface area contributed by atoms with E-state index in [2.05, 4.69) is 21.0 Å². The number of hydrogen-bond donors (Lipinski definition) is 0. The van der Waals surface area contributed by atoms with E-state index in [1.54, 1.807) is 0 Å². The molecule has 3 rings (SSSR count). The Morgan fingerprint density at radius 3 is 2.65 bits per heavy atom. The van der Waals surface area contributed by atoms with Gasteiger partial charge in [-0.3, -0.25) is 9.58 Å². The van der Waals surface area contributed by atoms with Gasteiger partial charge in [-0.05, 0) is 39.3 Å². The molecule has 2 aliphatic heterocycles. The first-order valence-corrected chi connectivity index (χ1v) is 7.63. The normalized spacial score (nSPS) is 24.1. The summed E-state index contributed by atoms with van der Waals surface area (Å²) in [5, 5.41) is 13.8. The van der Waals surface area contributed by atoms with Gasteiger partial charge in [0.05, 0.1) is 5.69 Å². The Balaban J connectivity index is 1.75. The molecule has 0 spiro atoms. The minimum atomic E-state index is 0.650. The van der Waals surface area contributed by atoms with Gasteiger partial charge in [-0.2, -0.15) is 10.4 Å². The number of rotatable bonds is 2. The highest BCUT2D eigenvalue weighted by Gasteiger charge is 2.31. The summed E-state index contributed by atoms with van der Waals surface area (Å²) in [5.74, 6) is 1.00. The van der Waals surface area contributed by atoms with Crippen LogP contribution in [-0.2, 0) is 7.05 Å². The number of likely N-dealkylation sites (tertiary alicyclic amines) is 1. The standard InChI is InChI=1S/C15H23N5/c1-12-14(10-16)15(18(2)17-12)20-9-6-13(11-20)19-7-4-3-5-8-19/h13H,3-9,11H2,1-2H3. The second kappa shape index (κ2) is 5.45. The molecule has 0 aliphatic carbocycles. The predicted octanol–water partition coefficient (Wildman–Crippen LogP) is 1.66. The van der Waals surface area contributed by atoms with Crippen molar-refractivity contribution < 1.29 is 0 Å². The molecule has 0 radical (unpaired) electrons. The molecule has 1 aromatic heterocycles. The van der Waals surface area contributed by atoms with Gasteiger partial charge in [0.1, 0.15) is 17.5 Å². The van der Waals surface area contributed by atoms with Gasteiger partial charge >= 0.3 is 0 Å². The summed E-state index contributed by atoms with van der Waals surface area (Å²) in [6.07, 6.45) is 5.26. The first-order valence-electron chi connectivity index (χ1n) is 7.63. The first kappa shape index (κ1) is 13.4. The van der Waals surface area contributed by atoms with Gasteiger partial charge in [-0.1, -0.05) is 6.42 Å². The monoisotopic (exact) mass is 273 g/mol. The number of aryl methyl sites for hydroxylation is 2. The number of nitrogens with zero attached hydrogens (tertiary/aromatic N) is 5. The topological polar surface area (TPSA) is 48.1 Å². The van der Waals surface area contributed by atoms with Crippen LogP contribution in [0.5, 0.6) is 0 Å². The number of nitriles is 1. The third-order valence-corrected chi connectivity index (χ3v) is 4.67. The zero-order valence-electron chi connectivity index (χ0n) is 12.5. The number of hydrogen-bond acceptors (Lipinski definition) is 4. The van der Waals surface area contributed by atoms with Crippen molar-refractivity contribution in [3.63, 3.8) is 0 Å². The predicted molar refractivity (Wildman–Crippen MR) is 78.7 cm³/mol. The molecular formula is C15H23N5. The molecular weight excluding hydrogens is 250 g/mol. The molecule has 20 heavy (non-hydrogen) atoms. The third-order valence-electron chi connectivity index (χ3n) is 4.67. The van der Waals surface area contributed by atoms with Crippen molar-refractivity contribution in [2.75, 3.05) is 31.1 Å². The molecule has 3 heterocycles. The highest BCUT2D eigenvalue weighted by Crippen LogP contribution is 2.28. The van der Waals surface area contributed by atoms with Crippen LogP contribution < -0.4 is 4.90 Å². The van der Waals surface area contributed by atoms with E-state index in [0.717, 1.165) is 30.2 Å². The average molecular weight is 273 g/mol. The van der Waals surface area contributed by atoms with Crippen LogP contribution in [0.1, 0.15) is 36.9 Å². The smallest absolute Gasteiger partial charge is 0.145 e. The molecule has 0 amide bonds. The molecule has 0 aromatic carbocycles. The van der Waals surface area contributed by atoms with Crippen molar-refractivity contribution in [1.82, 2.24) is 14.7 Å². The summed E-state index contributed by atoms with van der Waals surface area (Å²) in [4.78, 5) is 4.98. The van der Waals surface area contributed by atoms with Crippen LogP contribution in [0.15, 0.2) is 0 Å². The molecule has 0 N–H and O–H groups in total. The second-order valence-electron chi connectivity index (χ2n) is 6.00. The van der Waals surface area contributed by atoms with Crippen molar-refractivity contribution >= 4 is 5.82 Å². The summed E-state index contributed by atoms with van der Waals surface area (Å²) in [7, 11) is 1.94. The molecule has 5 heteroatoms. The van der Waals surface area contributed by atoms with Gasteiger partial charge in [0.2, 0.25) is 0 Å². The summed E-state index contributed by atoms with van der Waals surface area (Å²) in [6.45, 7) is 6.48. The first-order chi connectivity index (χ1) is 9.70. The maximum Gasteiger partial charge on any atom is 0.145 e. The van der Waals surface area contributed by atoms with Crippen LogP contribution in [0.4, 0.5) is 5.82 Å². The van der Waals surface area contributed by atoms with Crippen LogP contribution in [0.3, 0.4) is 0 Å². The lowest BCUT2D eigenvalue weighted by Gasteiger charge is -2.32. The third kappa shape index (κ3) is 2.29. The van der Waals surface area contributed by atoms with Crippen molar-refractivity contribution in [1.29, 1.82) is 5.26 Å². The summed E-state index contributed by atoms with van der Waals surface area (Å²) in [5.41, 5.74) is 1.58. The van der Waals surface area contributed by atoms with Crippen LogP contribution in [0.25, 0.3) is 0 Å². The molecule has 1 unspecified atom stereocenters. The van der Waals surface area contributed by atoms with E-state index in [4.69, 9.17) is 0 Å². The summed E-state index contributed by atoms with van der Waals surface area (Å²) >= 11 is 0. The molecule has 1 aromatic rings. The fourth-order valence-corrected chi connectivity index (χ4v) is 3.66. The summed E-state index contributed by atoms with van der Waals surface area (Å²) < 4.78 is 1.87. The Bertz CT molecular complexity index is 521. The van der Waals surface area contributed by atoms with Crippen molar-refractivity contribution in [3.8, 4) is 6.07 Å². The van der Waals surface area contributed by atoms with Crippen LogP contribution in [-0.4, -0.2) is 46.9 Å². The minimum Gasteiger partial charge on any atom is -0.354 e. The average Bonchev–Trinajstić information content (AvgIpc) is 3.03. The van der Waals surface area contributed by atoms with Gasteiger partial charge < -0.3 is 4.90 Å². The Morgan fingerprint density at radius 1 is 1.20 bits per heavy atom. The van der Waals surface area contributed by atoms with E-state index >= 15 is 0 Å². The Labute approximate surface area is 120 Å². The van der Waals surface area contributed by atoms with E-state index in [9.17, 15) is 5.26 Å². The lowest BCUT2D eigenvalue weighted by atomic mass is 10.1. The van der Waals surface area contributed by atoms with Crippen molar-refractivity contribution in [3.05, 3.63) is 11.3 Å². The second-order valence-corrected chi connectivity index (χ2v) is 6.00. The molecule has 5 nitrogen and oxygen atoms in total. The highest BCUT2D eigenvalue weighted by molar-refractivity contribution is 5.57. The summed E-state index contributed by atoms with van der Waals surface area (Å²) in [6, 6.07) is 2.97. The quantitative estimate of drug-likeness (QED) is 0.822. The number of piperidine rings is 1. The largest absolute Gasteiger partial charge is 0.354 e. The van der Waals surface area contributed by atoms with E-state index in [1.807, 2.05) is 18.7 Å². The molecule has 0 saturated carbocycles. The fourth-order valence-electron chi connectivity index (χ4n) is 3.66. The lowest BCUT2D eigenvalue weighted by molar-refractivity contribution is 0.174. The van der Waals surface area contributed by atoms with Crippen LogP contribution >= 0.6 is 0 Å². The molecule has 2 fully saturated rings. The Morgan fingerprint density at radius 2 is 1.95 bits per heavy atom. The van der Waals surface area contributed by atoms with Crippen LogP contribution in [0, 0.1) is 18.3 Å². The van der Waals surface area contributed by atoms with Crippen molar-refractivity contribution in [2.45, 2.75) is 38.6 Å². The highest BCUT2D eigenvalue weighted by atomic mass is 15.4. The van der Waals surface area contributed by atoms with Gasteiger partial charge in [-0.15, -0.1) is 0 Å². The van der Waals surface area contributed by atoms with E-state index in [1.165, 1.54) is 38.8 Å². The van der Waals surface area contributed by atoms with Gasteiger partial charge in [0.25, 0.3) is 0 Å². The van der Waals surface area contributed by atoms with E-state index in [-0.39, 0.29) is 0 Å². The van der Waals surface area contributed by atoms with Crippen molar-refractivity contribution in [2.24, 2.45) is 7.05 Å².